The van der Waals surface area contributed by atoms with Crippen molar-refractivity contribution in [2.24, 2.45) is 0 Å². The quantitative estimate of drug-likeness (QED) is 0.583. The normalized spacial score (nSPS) is 9.42. The fourth-order valence-electron chi connectivity index (χ4n) is 0.798. The van der Waals surface area contributed by atoms with E-state index in [4.69, 9.17) is 5.11 Å². The number of hydrogen-bond donors (Lipinski definition) is 2. The molecule has 0 saturated carbocycles. The van der Waals surface area contributed by atoms with Crippen LogP contribution in [-0.2, 0) is 9.59 Å². The largest absolute Gasteiger partial charge is 0.480 e. The van der Waals surface area contributed by atoms with Crippen molar-refractivity contribution in [2.45, 2.75) is 32.6 Å². The van der Waals surface area contributed by atoms with Crippen molar-refractivity contribution in [1.82, 2.24) is 5.32 Å². The van der Waals surface area contributed by atoms with Crippen molar-refractivity contribution in [3.63, 3.8) is 0 Å². The molecule has 0 atom stereocenters. The average molecular weight is 173 g/mol. The zero-order valence-electron chi connectivity index (χ0n) is 7.30. The Hall–Kier alpha value is -1.06. The van der Waals surface area contributed by atoms with E-state index < -0.39 is 5.97 Å². The number of aliphatic carboxylic acids is 1. The third-order valence-electron chi connectivity index (χ3n) is 1.44. The SMILES string of the molecule is CCCCCC(=O)NCC(=O)O. The Labute approximate surface area is 72.0 Å². The first-order valence-corrected chi connectivity index (χ1v) is 4.15. The van der Waals surface area contributed by atoms with Crippen molar-refractivity contribution in [2.75, 3.05) is 6.54 Å². The highest BCUT2D eigenvalue weighted by atomic mass is 16.4. The minimum atomic E-state index is -1.00. The second kappa shape index (κ2) is 6.64. The van der Waals surface area contributed by atoms with Crippen LogP contribution in [0.4, 0.5) is 0 Å². The molecule has 0 radical (unpaired) electrons. The van der Waals surface area contributed by atoms with E-state index in [1.54, 1.807) is 0 Å². The van der Waals surface area contributed by atoms with E-state index in [0.29, 0.717) is 6.42 Å². The zero-order valence-corrected chi connectivity index (χ0v) is 7.30. The molecule has 0 heterocycles. The molecule has 0 aliphatic heterocycles. The summed E-state index contributed by atoms with van der Waals surface area (Å²) in [4.78, 5) is 20.9. The number of carboxylic acid groups (broad SMARTS) is 1. The summed E-state index contributed by atoms with van der Waals surface area (Å²) in [6.07, 6.45) is 3.34. The first-order chi connectivity index (χ1) is 5.66. The zero-order chi connectivity index (χ0) is 9.40. The van der Waals surface area contributed by atoms with Gasteiger partial charge in [0.25, 0.3) is 0 Å². The Balaban J connectivity index is 3.28. The maximum absolute atomic E-state index is 10.8. The van der Waals surface area contributed by atoms with Crippen molar-refractivity contribution in [3.8, 4) is 0 Å². The Kier molecular flexibility index (Phi) is 6.05. The van der Waals surface area contributed by atoms with Gasteiger partial charge in [-0.15, -0.1) is 0 Å². The molecule has 0 saturated heterocycles. The first-order valence-electron chi connectivity index (χ1n) is 4.15. The van der Waals surface area contributed by atoms with Gasteiger partial charge in [0.05, 0.1) is 0 Å². The molecule has 70 valence electrons. The highest BCUT2D eigenvalue weighted by Gasteiger charge is 2.02. The van der Waals surface area contributed by atoms with E-state index in [0.717, 1.165) is 19.3 Å². The van der Waals surface area contributed by atoms with Gasteiger partial charge in [0.15, 0.2) is 0 Å². The van der Waals surface area contributed by atoms with Gasteiger partial charge in [-0.05, 0) is 6.42 Å². The second-order valence-corrected chi connectivity index (χ2v) is 2.63. The molecule has 0 bridgehead atoms. The summed E-state index contributed by atoms with van der Waals surface area (Å²) in [7, 11) is 0. The average Bonchev–Trinajstić information content (AvgIpc) is 2.01. The third kappa shape index (κ3) is 7.05. The predicted octanol–water partition coefficient (Wildman–Crippen LogP) is 0.767. The molecule has 0 aromatic rings. The molecule has 0 aliphatic carbocycles. The lowest BCUT2D eigenvalue weighted by atomic mass is 10.2. The number of carbonyl (C=O) groups is 2. The summed E-state index contributed by atoms with van der Waals surface area (Å²) < 4.78 is 0. The summed E-state index contributed by atoms with van der Waals surface area (Å²) in [5.41, 5.74) is 0. The van der Waals surface area contributed by atoms with Crippen LogP contribution in [0, 0.1) is 0 Å². The van der Waals surface area contributed by atoms with Gasteiger partial charge in [-0.25, -0.2) is 0 Å². The molecule has 0 rings (SSSR count). The molecular weight excluding hydrogens is 158 g/mol. The van der Waals surface area contributed by atoms with E-state index in [2.05, 4.69) is 12.2 Å². The third-order valence-corrected chi connectivity index (χ3v) is 1.44. The Morgan fingerprint density at radius 3 is 2.50 bits per heavy atom. The van der Waals surface area contributed by atoms with Gasteiger partial charge >= 0.3 is 5.97 Å². The second-order valence-electron chi connectivity index (χ2n) is 2.63. The molecule has 4 heteroatoms. The van der Waals surface area contributed by atoms with Gasteiger partial charge in [0.2, 0.25) is 5.91 Å². The molecule has 0 fully saturated rings. The molecule has 4 nitrogen and oxygen atoms in total. The fourth-order valence-corrected chi connectivity index (χ4v) is 0.798. The van der Waals surface area contributed by atoms with Crippen LogP contribution in [0.2, 0.25) is 0 Å². The highest BCUT2D eigenvalue weighted by Crippen LogP contribution is 1.97. The Morgan fingerprint density at radius 2 is 2.00 bits per heavy atom. The lowest BCUT2D eigenvalue weighted by molar-refractivity contribution is -0.137. The Morgan fingerprint density at radius 1 is 1.33 bits per heavy atom. The van der Waals surface area contributed by atoms with Gasteiger partial charge < -0.3 is 10.4 Å². The number of unbranched alkanes of at least 4 members (excludes halogenated alkanes) is 2. The predicted molar refractivity (Wildman–Crippen MR) is 44.8 cm³/mol. The number of nitrogens with one attached hydrogen (secondary N) is 1. The maximum Gasteiger partial charge on any atom is 0.322 e. The molecule has 0 spiro atoms. The number of rotatable bonds is 6. The molecular formula is C8H15NO3. The van der Waals surface area contributed by atoms with Gasteiger partial charge in [0, 0.05) is 6.42 Å². The summed E-state index contributed by atoms with van der Waals surface area (Å²) >= 11 is 0. The molecule has 1 amide bonds. The smallest absolute Gasteiger partial charge is 0.322 e. The lowest BCUT2D eigenvalue weighted by Crippen LogP contribution is -2.28. The molecule has 0 aliphatic rings. The van der Waals surface area contributed by atoms with Crippen LogP contribution in [0.15, 0.2) is 0 Å². The molecule has 0 unspecified atom stereocenters. The summed E-state index contributed by atoms with van der Waals surface area (Å²) in [5.74, 6) is -1.18. The molecule has 2 N–H and O–H groups in total. The summed E-state index contributed by atoms with van der Waals surface area (Å²) in [5, 5.41) is 10.5. The standard InChI is InChI=1S/C8H15NO3/c1-2-3-4-5-7(10)9-6-8(11)12/h2-6H2,1H3,(H,9,10)(H,11,12). The van der Waals surface area contributed by atoms with Crippen molar-refractivity contribution in [3.05, 3.63) is 0 Å². The monoisotopic (exact) mass is 173 g/mol. The van der Waals surface area contributed by atoms with Crippen LogP contribution < -0.4 is 5.32 Å². The summed E-state index contributed by atoms with van der Waals surface area (Å²) in [6, 6.07) is 0. The van der Waals surface area contributed by atoms with Crippen LogP contribution in [0.1, 0.15) is 32.6 Å². The maximum atomic E-state index is 10.8. The molecule has 0 aromatic heterocycles. The van der Waals surface area contributed by atoms with Gasteiger partial charge in [-0.2, -0.15) is 0 Å². The van der Waals surface area contributed by atoms with E-state index in [9.17, 15) is 9.59 Å². The summed E-state index contributed by atoms with van der Waals surface area (Å²) in [6.45, 7) is 1.78. The van der Waals surface area contributed by atoms with E-state index >= 15 is 0 Å². The number of hydrogen-bond acceptors (Lipinski definition) is 2. The number of carboxylic acids is 1. The lowest BCUT2D eigenvalue weighted by Gasteiger charge is -2.00. The molecule has 12 heavy (non-hydrogen) atoms. The number of amides is 1. The van der Waals surface area contributed by atoms with Crippen LogP contribution in [0.5, 0.6) is 0 Å². The van der Waals surface area contributed by atoms with Crippen molar-refractivity contribution < 1.29 is 14.7 Å². The van der Waals surface area contributed by atoms with Crippen molar-refractivity contribution >= 4 is 11.9 Å². The van der Waals surface area contributed by atoms with E-state index in [-0.39, 0.29) is 12.5 Å². The van der Waals surface area contributed by atoms with Gasteiger partial charge in [0.1, 0.15) is 6.54 Å². The first kappa shape index (κ1) is 10.9. The van der Waals surface area contributed by atoms with Crippen molar-refractivity contribution in [1.29, 1.82) is 0 Å². The highest BCUT2D eigenvalue weighted by molar-refractivity contribution is 5.80. The number of carbonyl (C=O) groups excluding carboxylic acids is 1. The van der Waals surface area contributed by atoms with E-state index in [1.807, 2.05) is 0 Å². The van der Waals surface area contributed by atoms with Crippen LogP contribution in [0.3, 0.4) is 0 Å². The fraction of sp³-hybridized carbons (Fsp3) is 0.750. The Bertz CT molecular complexity index is 156. The van der Waals surface area contributed by atoms with Gasteiger partial charge in [-0.3, -0.25) is 9.59 Å². The minimum Gasteiger partial charge on any atom is -0.480 e. The van der Waals surface area contributed by atoms with E-state index in [1.165, 1.54) is 0 Å². The minimum absolute atomic E-state index is 0.175. The van der Waals surface area contributed by atoms with Gasteiger partial charge in [-0.1, -0.05) is 19.8 Å². The van der Waals surface area contributed by atoms with Crippen LogP contribution >= 0.6 is 0 Å². The van der Waals surface area contributed by atoms with Crippen LogP contribution in [-0.4, -0.2) is 23.5 Å². The molecule has 0 aromatic carbocycles. The van der Waals surface area contributed by atoms with Crippen LogP contribution in [0.25, 0.3) is 0 Å². The topological polar surface area (TPSA) is 66.4 Å².